The van der Waals surface area contributed by atoms with Crippen LogP contribution in [0.5, 0.6) is 5.75 Å². The number of hydrogen-bond acceptors (Lipinski definition) is 5. The van der Waals surface area contributed by atoms with Gasteiger partial charge < -0.3 is 26.0 Å². The summed E-state index contributed by atoms with van der Waals surface area (Å²) < 4.78 is 5.13. The number of methoxy groups -OCH3 is 1. The zero-order valence-electron chi connectivity index (χ0n) is 16.5. The van der Waals surface area contributed by atoms with Crippen LogP contribution < -0.4 is 26.0 Å². The summed E-state index contributed by atoms with van der Waals surface area (Å²) in [6, 6.07) is 7.07. The summed E-state index contributed by atoms with van der Waals surface area (Å²) in [4.78, 5) is 38.3. The van der Waals surface area contributed by atoms with Crippen LogP contribution in [-0.4, -0.2) is 45.0 Å². The third-order valence-corrected chi connectivity index (χ3v) is 5.91. The van der Waals surface area contributed by atoms with Gasteiger partial charge in [0.05, 0.1) is 19.7 Å². The molecule has 29 heavy (non-hydrogen) atoms. The van der Waals surface area contributed by atoms with Crippen molar-refractivity contribution in [3.8, 4) is 5.75 Å². The molecule has 0 radical (unpaired) electrons. The van der Waals surface area contributed by atoms with Crippen molar-refractivity contribution in [3.63, 3.8) is 0 Å². The molecule has 5 N–H and O–H groups in total. The molecular formula is C20H25N4O4S+. The number of fused-ring (bicyclic) bond motifs is 1. The third-order valence-electron chi connectivity index (χ3n) is 4.70. The number of rotatable bonds is 8. The van der Waals surface area contributed by atoms with Gasteiger partial charge in [0.25, 0.3) is 17.7 Å². The lowest BCUT2D eigenvalue weighted by Crippen LogP contribution is -3.11. The van der Waals surface area contributed by atoms with Crippen molar-refractivity contribution in [3.05, 3.63) is 40.3 Å². The van der Waals surface area contributed by atoms with Crippen LogP contribution >= 0.6 is 11.3 Å². The largest absolute Gasteiger partial charge is 0.497 e. The number of thiophene rings is 1. The lowest BCUT2D eigenvalue weighted by molar-refractivity contribution is -0.862. The zero-order valence-corrected chi connectivity index (χ0v) is 17.3. The highest BCUT2D eigenvalue weighted by Crippen LogP contribution is 2.38. The first kappa shape index (κ1) is 20.8. The van der Waals surface area contributed by atoms with Crippen molar-refractivity contribution < 1.29 is 24.0 Å². The second-order valence-corrected chi connectivity index (χ2v) is 8.17. The third kappa shape index (κ3) is 5.12. The van der Waals surface area contributed by atoms with Gasteiger partial charge in [-0.25, -0.2) is 0 Å². The van der Waals surface area contributed by atoms with E-state index < -0.39 is 5.91 Å². The Morgan fingerprint density at radius 2 is 1.90 bits per heavy atom. The second-order valence-electron chi connectivity index (χ2n) is 7.06. The number of carbonyl (C=O) groups is 3. The molecule has 0 saturated heterocycles. The molecule has 1 aliphatic carbocycles. The van der Waals surface area contributed by atoms with Crippen LogP contribution in [-0.2, 0) is 22.4 Å². The molecule has 1 aliphatic rings. The molecule has 0 spiro atoms. The molecule has 1 heterocycles. The molecule has 9 heteroatoms. The number of carbonyl (C=O) groups excluding carboxylic acids is 3. The van der Waals surface area contributed by atoms with Crippen LogP contribution in [0, 0.1) is 0 Å². The standard InChI is InChI=1S/C20H24N4O4S/c1-24(10-16(25)22-12-5-3-6-13(9-12)28-2)11-17(26)23-20-18(19(21)27)14-7-4-8-15(14)29-20/h3,5-6,9H,4,7-8,10-11H2,1-2H3,(H2,21,27)(H,22,25)(H,23,26)/p+1. The maximum atomic E-state index is 12.4. The Labute approximate surface area is 173 Å². The number of benzene rings is 1. The highest BCUT2D eigenvalue weighted by molar-refractivity contribution is 7.17. The maximum absolute atomic E-state index is 12.4. The summed E-state index contributed by atoms with van der Waals surface area (Å²) in [5.41, 5.74) is 7.55. The highest BCUT2D eigenvalue weighted by Gasteiger charge is 2.26. The van der Waals surface area contributed by atoms with Gasteiger partial charge in [0.2, 0.25) is 0 Å². The lowest BCUT2D eigenvalue weighted by Gasteiger charge is -2.14. The Hall–Kier alpha value is -2.91. The van der Waals surface area contributed by atoms with E-state index in [-0.39, 0.29) is 24.9 Å². The number of amides is 3. The summed E-state index contributed by atoms with van der Waals surface area (Å²) in [7, 11) is 3.32. The van der Waals surface area contributed by atoms with Crippen LogP contribution in [0.4, 0.5) is 10.7 Å². The second kappa shape index (κ2) is 9.06. The predicted octanol–water partition coefficient (Wildman–Crippen LogP) is 0.436. The Kier molecular flexibility index (Phi) is 6.50. The minimum absolute atomic E-state index is 0.0896. The van der Waals surface area contributed by atoms with Crippen LogP contribution in [0.25, 0.3) is 0 Å². The number of aryl methyl sites for hydroxylation is 1. The van der Waals surface area contributed by atoms with E-state index in [0.29, 0.717) is 26.9 Å². The molecule has 1 unspecified atom stereocenters. The van der Waals surface area contributed by atoms with Crippen LogP contribution in [0.1, 0.15) is 27.2 Å². The van der Waals surface area contributed by atoms with Crippen LogP contribution in [0.2, 0.25) is 0 Å². The summed E-state index contributed by atoms with van der Waals surface area (Å²) in [6.07, 6.45) is 2.73. The fourth-order valence-electron chi connectivity index (χ4n) is 3.44. The van der Waals surface area contributed by atoms with Crippen molar-refractivity contribution in [2.24, 2.45) is 5.73 Å². The van der Waals surface area contributed by atoms with E-state index in [9.17, 15) is 14.4 Å². The fourth-order valence-corrected chi connectivity index (χ4v) is 4.75. The van der Waals surface area contributed by atoms with E-state index in [1.165, 1.54) is 11.3 Å². The Morgan fingerprint density at radius 3 is 2.59 bits per heavy atom. The average molecular weight is 418 g/mol. The fraction of sp³-hybridized carbons (Fsp3) is 0.350. The van der Waals surface area contributed by atoms with Crippen LogP contribution in [0.15, 0.2) is 24.3 Å². The topological polar surface area (TPSA) is 115 Å². The summed E-state index contributed by atoms with van der Waals surface area (Å²) >= 11 is 1.42. The molecule has 3 amide bonds. The first-order valence-corrected chi connectivity index (χ1v) is 10.2. The molecule has 0 aliphatic heterocycles. The Balaban J connectivity index is 1.54. The first-order valence-electron chi connectivity index (χ1n) is 9.36. The number of hydrogen-bond donors (Lipinski definition) is 4. The van der Waals surface area contributed by atoms with Gasteiger partial charge in [-0.1, -0.05) is 6.07 Å². The quantitative estimate of drug-likeness (QED) is 0.499. The molecule has 1 atom stereocenters. The minimum atomic E-state index is -0.516. The zero-order chi connectivity index (χ0) is 21.0. The van der Waals surface area contributed by atoms with Crippen molar-refractivity contribution in [2.75, 3.05) is 37.9 Å². The monoisotopic (exact) mass is 417 g/mol. The Morgan fingerprint density at radius 1 is 1.17 bits per heavy atom. The molecule has 3 rings (SSSR count). The van der Waals surface area contributed by atoms with Crippen molar-refractivity contribution >= 4 is 39.7 Å². The van der Waals surface area contributed by atoms with Gasteiger partial charge in [-0.2, -0.15) is 0 Å². The Bertz CT molecular complexity index is 941. The van der Waals surface area contributed by atoms with Gasteiger partial charge in [-0.15, -0.1) is 11.3 Å². The maximum Gasteiger partial charge on any atom is 0.280 e. The van der Waals surface area contributed by atoms with Gasteiger partial charge in [-0.3, -0.25) is 14.4 Å². The van der Waals surface area contributed by atoms with Gasteiger partial charge >= 0.3 is 0 Å². The smallest absolute Gasteiger partial charge is 0.280 e. The SMILES string of the molecule is COc1cccc(NC(=O)C[NH+](C)CC(=O)Nc2sc3c(c2C(N)=O)CCC3)c1. The van der Waals surface area contributed by atoms with E-state index in [1.807, 2.05) is 0 Å². The molecule has 1 aromatic heterocycles. The van der Waals surface area contributed by atoms with E-state index in [0.717, 1.165) is 29.7 Å². The number of ether oxygens (including phenoxy) is 1. The lowest BCUT2D eigenvalue weighted by atomic mass is 10.1. The number of likely N-dealkylation sites (N-methyl/N-ethyl adjacent to an activating group) is 1. The van der Waals surface area contributed by atoms with Gasteiger partial charge in [-0.05, 0) is 37.0 Å². The van der Waals surface area contributed by atoms with E-state index >= 15 is 0 Å². The summed E-state index contributed by atoms with van der Waals surface area (Å²) in [5.74, 6) is -0.343. The molecule has 8 nitrogen and oxygen atoms in total. The number of primary amides is 1. The number of nitrogens with one attached hydrogen (secondary N) is 3. The number of nitrogens with two attached hydrogens (primary N) is 1. The number of anilines is 2. The van der Waals surface area contributed by atoms with E-state index in [1.54, 1.807) is 38.4 Å². The highest BCUT2D eigenvalue weighted by atomic mass is 32.1. The van der Waals surface area contributed by atoms with Crippen molar-refractivity contribution in [1.82, 2.24) is 0 Å². The molecule has 0 fully saturated rings. The molecule has 1 aromatic carbocycles. The first-order chi connectivity index (χ1) is 13.9. The van der Waals surface area contributed by atoms with Gasteiger partial charge in [0, 0.05) is 16.6 Å². The summed E-state index contributed by atoms with van der Waals surface area (Å²) in [6.45, 7) is 0.209. The van der Waals surface area contributed by atoms with E-state index in [4.69, 9.17) is 10.5 Å². The molecular weight excluding hydrogens is 392 g/mol. The molecule has 2 aromatic rings. The summed E-state index contributed by atoms with van der Waals surface area (Å²) in [5, 5.41) is 6.10. The number of quaternary nitrogens is 1. The van der Waals surface area contributed by atoms with Gasteiger partial charge in [0.1, 0.15) is 10.8 Å². The predicted molar refractivity (Wildman–Crippen MR) is 112 cm³/mol. The molecule has 0 bridgehead atoms. The minimum Gasteiger partial charge on any atom is -0.497 e. The van der Waals surface area contributed by atoms with Crippen molar-refractivity contribution in [1.29, 1.82) is 0 Å². The normalized spacial score (nSPS) is 13.4. The van der Waals surface area contributed by atoms with Crippen LogP contribution in [0.3, 0.4) is 0 Å². The van der Waals surface area contributed by atoms with Gasteiger partial charge in [0.15, 0.2) is 13.1 Å². The average Bonchev–Trinajstić information content (AvgIpc) is 3.21. The van der Waals surface area contributed by atoms with Crippen molar-refractivity contribution in [2.45, 2.75) is 19.3 Å². The molecule has 154 valence electrons. The molecule has 0 saturated carbocycles. The van der Waals surface area contributed by atoms with E-state index in [2.05, 4.69) is 10.6 Å².